The lowest BCUT2D eigenvalue weighted by Gasteiger charge is -2.63. The van der Waals surface area contributed by atoms with Crippen LogP contribution in [0.25, 0.3) is 0 Å². The summed E-state index contributed by atoms with van der Waals surface area (Å²) in [6.45, 7) is 5.26. The Morgan fingerprint density at radius 2 is 1.92 bits per heavy atom. The van der Waals surface area contributed by atoms with E-state index in [0.717, 1.165) is 32.1 Å². The number of fused-ring (bicyclic) bond motifs is 5. The van der Waals surface area contributed by atoms with Crippen molar-refractivity contribution >= 4 is 5.78 Å². The van der Waals surface area contributed by atoms with Crippen molar-refractivity contribution in [1.82, 2.24) is 0 Å². The van der Waals surface area contributed by atoms with E-state index < -0.39 is 0 Å². The van der Waals surface area contributed by atoms with E-state index >= 15 is 0 Å². The topological polar surface area (TPSA) is 72.5 Å². The fourth-order valence-corrected chi connectivity index (χ4v) is 7.56. The van der Waals surface area contributed by atoms with Gasteiger partial charge in [0.05, 0.1) is 6.54 Å². The van der Waals surface area contributed by atoms with Gasteiger partial charge in [0.25, 0.3) is 0 Å². The van der Waals surface area contributed by atoms with Crippen molar-refractivity contribution < 1.29 is 4.79 Å². The lowest BCUT2D eigenvalue weighted by atomic mass is 9.44. The second kappa shape index (κ2) is 5.73. The average Bonchev–Trinajstić information content (AvgIpc) is 2.91. The van der Waals surface area contributed by atoms with Crippen LogP contribution in [-0.4, -0.2) is 17.9 Å². The molecule has 0 aliphatic heterocycles. The molecule has 2 N–H and O–H groups in total. The molecule has 0 aromatic carbocycles. The van der Waals surface area contributed by atoms with Crippen molar-refractivity contribution in [2.24, 2.45) is 39.5 Å². The summed E-state index contributed by atoms with van der Waals surface area (Å²) < 4.78 is 0. The van der Waals surface area contributed by atoms with E-state index in [0.29, 0.717) is 36.5 Å². The van der Waals surface area contributed by atoms with Crippen LogP contribution < -0.4 is 5.73 Å². The molecule has 3 fully saturated rings. The molecule has 4 aliphatic carbocycles. The molecule has 0 spiro atoms. The zero-order valence-electron chi connectivity index (χ0n) is 15.7. The minimum absolute atomic E-state index is 0.108. The minimum Gasteiger partial charge on any atom is -0.325 e. The van der Waals surface area contributed by atoms with Crippen LogP contribution in [0.1, 0.15) is 71.6 Å². The highest BCUT2D eigenvalue weighted by Gasteiger charge is 2.64. The largest absolute Gasteiger partial charge is 0.325 e. The Morgan fingerprint density at radius 3 is 2.68 bits per heavy atom. The molecule has 0 radical (unpaired) electrons. The molecule has 6 atom stereocenters. The summed E-state index contributed by atoms with van der Waals surface area (Å²) in [5.41, 5.74) is 8.90. The Bertz CT molecular complexity index is 629. The lowest BCUT2D eigenvalue weighted by Crippen LogP contribution is -2.66. The smallest absolute Gasteiger partial charge is 0.155 e. The van der Waals surface area contributed by atoms with E-state index in [2.05, 4.69) is 19.0 Å². The molecule has 138 valence electrons. The Labute approximate surface area is 151 Å². The molecule has 3 saturated carbocycles. The molecule has 4 aliphatic rings. The van der Waals surface area contributed by atoms with Gasteiger partial charge in [0.1, 0.15) is 0 Å². The number of hydrogen-bond acceptors (Lipinski definition) is 4. The van der Waals surface area contributed by atoms with Gasteiger partial charge in [-0.05, 0) is 86.0 Å². The van der Waals surface area contributed by atoms with Gasteiger partial charge < -0.3 is 5.73 Å². The molecule has 6 unspecified atom stereocenters. The molecule has 0 heterocycles. The van der Waals surface area contributed by atoms with Crippen LogP contribution in [0.4, 0.5) is 0 Å². The molecule has 4 heteroatoms. The standard InChI is InChI=1S/C21H32N2O2/c1-19-10-7-18-20(2)9-6-16(24)13-15(20)5-11-21(18,22)17(19)4-3-14(19)8-12-23-25/h13-14,17-18H,3-12,22H2,1-2H3. The molecule has 4 nitrogen and oxygen atoms in total. The molecule has 0 saturated heterocycles. The zero-order valence-corrected chi connectivity index (χ0v) is 15.7. The summed E-state index contributed by atoms with van der Waals surface area (Å²) in [6, 6.07) is 0. The maximum Gasteiger partial charge on any atom is 0.155 e. The number of nitrogens with zero attached hydrogens (tertiary/aromatic N) is 1. The average molecular weight is 344 g/mol. The van der Waals surface area contributed by atoms with Crippen molar-refractivity contribution in [2.75, 3.05) is 6.54 Å². The second-order valence-electron chi connectivity index (χ2n) is 9.73. The van der Waals surface area contributed by atoms with Crippen molar-refractivity contribution in [3.63, 3.8) is 0 Å². The second-order valence-corrected chi connectivity index (χ2v) is 9.73. The van der Waals surface area contributed by atoms with Crippen molar-refractivity contribution in [1.29, 1.82) is 0 Å². The number of ketones is 1. The fraction of sp³-hybridized carbons (Fsp3) is 0.857. The third-order valence-corrected chi connectivity index (χ3v) is 8.93. The molecule has 0 aromatic rings. The Morgan fingerprint density at radius 1 is 1.12 bits per heavy atom. The quantitative estimate of drug-likeness (QED) is 0.773. The molecule has 25 heavy (non-hydrogen) atoms. The molecule has 0 aromatic heterocycles. The highest BCUT2D eigenvalue weighted by Crippen LogP contribution is 2.67. The number of allylic oxidation sites excluding steroid dienone is 1. The lowest BCUT2D eigenvalue weighted by molar-refractivity contribution is -0.118. The van der Waals surface area contributed by atoms with Crippen molar-refractivity contribution in [3.05, 3.63) is 16.6 Å². The van der Waals surface area contributed by atoms with Crippen molar-refractivity contribution in [2.45, 2.75) is 77.2 Å². The number of nitrogens with two attached hydrogens (primary N) is 1. The van der Waals surface area contributed by atoms with Crippen LogP contribution in [-0.2, 0) is 4.79 Å². The fourth-order valence-electron chi connectivity index (χ4n) is 7.56. The van der Waals surface area contributed by atoms with Crippen LogP contribution >= 0.6 is 0 Å². The third-order valence-electron chi connectivity index (χ3n) is 8.93. The highest BCUT2D eigenvalue weighted by atomic mass is 16.3. The SMILES string of the molecule is CC12CCC(=O)C=C1CCC1(N)C2CCC2(C)C(CCN=O)CCC21. The molecule has 0 bridgehead atoms. The number of rotatable bonds is 3. The summed E-state index contributed by atoms with van der Waals surface area (Å²) in [6.07, 6.45) is 11.3. The number of nitroso groups, excluding NO2 is 1. The number of carbonyl (C=O) groups excluding carboxylic acids is 1. The molecule has 4 rings (SSSR count). The highest BCUT2D eigenvalue weighted by molar-refractivity contribution is 5.91. The van der Waals surface area contributed by atoms with E-state index in [1.165, 1.54) is 24.8 Å². The Kier molecular flexibility index (Phi) is 3.99. The van der Waals surface area contributed by atoms with Crippen LogP contribution in [0.3, 0.4) is 0 Å². The minimum atomic E-state index is -0.108. The Hall–Kier alpha value is -1.03. The van der Waals surface area contributed by atoms with Gasteiger partial charge in [0.2, 0.25) is 0 Å². The maximum absolute atomic E-state index is 11.9. The molecular weight excluding hydrogens is 312 g/mol. The van der Waals surface area contributed by atoms with Gasteiger partial charge in [-0.25, -0.2) is 0 Å². The van der Waals surface area contributed by atoms with Crippen LogP contribution in [0.15, 0.2) is 16.8 Å². The van der Waals surface area contributed by atoms with Gasteiger partial charge in [-0.1, -0.05) is 24.6 Å². The summed E-state index contributed by atoms with van der Waals surface area (Å²) in [5.74, 6) is 1.94. The first-order valence-electron chi connectivity index (χ1n) is 10.2. The first-order valence-corrected chi connectivity index (χ1v) is 10.2. The van der Waals surface area contributed by atoms with E-state index in [1.807, 2.05) is 6.08 Å². The summed E-state index contributed by atoms with van der Waals surface area (Å²) in [5, 5.41) is 3.12. The van der Waals surface area contributed by atoms with Crippen molar-refractivity contribution in [3.8, 4) is 0 Å². The van der Waals surface area contributed by atoms with Gasteiger partial charge in [0, 0.05) is 12.0 Å². The number of hydrogen-bond donors (Lipinski definition) is 1. The monoisotopic (exact) mass is 344 g/mol. The van der Waals surface area contributed by atoms with Gasteiger partial charge >= 0.3 is 0 Å². The maximum atomic E-state index is 11.9. The van der Waals surface area contributed by atoms with E-state index in [1.54, 1.807) is 0 Å². The predicted octanol–water partition coefficient (Wildman–Crippen LogP) is 4.37. The normalized spacial score (nSPS) is 49.0. The van der Waals surface area contributed by atoms with Gasteiger partial charge in [-0.2, -0.15) is 4.91 Å². The summed E-state index contributed by atoms with van der Waals surface area (Å²) >= 11 is 0. The number of carbonyl (C=O) groups is 1. The van der Waals surface area contributed by atoms with E-state index in [9.17, 15) is 9.70 Å². The predicted molar refractivity (Wildman–Crippen MR) is 98.9 cm³/mol. The first-order chi connectivity index (χ1) is 11.8. The summed E-state index contributed by atoms with van der Waals surface area (Å²) in [4.78, 5) is 22.6. The van der Waals surface area contributed by atoms with Gasteiger partial charge in [0.15, 0.2) is 5.78 Å². The van der Waals surface area contributed by atoms with Crippen LogP contribution in [0.2, 0.25) is 0 Å². The summed E-state index contributed by atoms with van der Waals surface area (Å²) in [7, 11) is 0. The van der Waals surface area contributed by atoms with Gasteiger partial charge in [-0.15, -0.1) is 0 Å². The van der Waals surface area contributed by atoms with Crippen LogP contribution in [0, 0.1) is 33.5 Å². The van der Waals surface area contributed by atoms with Gasteiger partial charge in [-0.3, -0.25) is 4.79 Å². The molecule has 0 amide bonds. The van der Waals surface area contributed by atoms with Crippen LogP contribution in [0.5, 0.6) is 0 Å². The molecular formula is C21H32N2O2. The van der Waals surface area contributed by atoms with E-state index in [-0.39, 0.29) is 16.4 Å². The third kappa shape index (κ3) is 2.32. The zero-order chi connectivity index (χ0) is 17.9. The Balaban J connectivity index is 1.66. The first kappa shape index (κ1) is 17.4. The van der Waals surface area contributed by atoms with E-state index in [4.69, 9.17) is 5.73 Å².